The van der Waals surface area contributed by atoms with Crippen molar-refractivity contribution in [2.75, 3.05) is 17.3 Å². The zero-order chi connectivity index (χ0) is 12.8. The number of thiazole rings is 1. The van der Waals surface area contributed by atoms with Crippen LogP contribution in [0.5, 0.6) is 0 Å². The Morgan fingerprint density at radius 3 is 3.06 bits per heavy atom. The Bertz CT molecular complexity index is 370. The Hall–Kier alpha value is -0.790. The molecule has 1 aromatic heterocycles. The number of anilines is 1. The molecule has 0 aliphatic heterocycles. The second-order valence-electron chi connectivity index (χ2n) is 3.72. The smallest absolute Gasteiger partial charge is 0.326 e. The van der Waals surface area contributed by atoms with Crippen molar-refractivity contribution in [1.29, 1.82) is 0 Å². The minimum Gasteiger partial charge on any atom is -0.480 e. The van der Waals surface area contributed by atoms with E-state index in [0.29, 0.717) is 11.7 Å². The van der Waals surface area contributed by atoms with Crippen molar-refractivity contribution in [3.8, 4) is 0 Å². The van der Waals surface area contributed by atoms with Gasteiger partial charge in [0.05, 0.1) is 5.69 Å². The van der Waals surface area contributed by atoms with Crippen LogP contribution in [0.15, 0.2) is 5.38 Å². The quantitative estimate of drug-likeness (QED) is 0.703. The van der Waals surface area contributed by atoms with Gasteiger partial charge in [0.15, 0.2) is 5.13 Å². The number of carboxylic acids is 1. The number of aliphatic carboxylic acids is 1. The minimum atomic E-state index is -1.06. The normalized spacial score (nSPS) is 14.3. The Balaban J connectivity index is 2.53. The van der Waals surface area contributed by atoms with Crippen LogP contribution in [-0.2, 0) is 4.79 Å². The number of nitrogens with two attached hydrogens (primary N) is 1. The number of hydrogen-bond acceptors (Lipinski definition) is 6. The summed E-state index contributed by atoms with van der Waals surface area (Å²) in [6.07, 6.45) is 3.11. The van der Waals surface area contributed by atoms with Gasteiger partial charge in [0.1, 0.15) is 6.04 Å². The number of thioether (sulfide) groups is 1. The van der Waals surface area contributed by atoms with E-state index in [0.717, 1.165) is 17.3 Å². The highest BCUT2D eigenvalue weighted by Crippen LogP contribution is 2.21. The molecule has 0 fully saturated rings. The third-order valence-electron chi connectivity index (χ3n) is 2.23. The van der Waals surface area contributed by atoms with Gasteiger partial charge in [-0.1, -0.05) is 0 Å². The van der Waals surface area contributed by atoms with Gasteiger partial charge in [0.2, 0.25) is 0 Å². The van der Waals surface area contributed by atoms with E-state index in [1.165, 1.54) is 11.3 Å². The van der Waals surface area contributed by atoms with E-state index in [1.54, 1.807) is 17.1 Å². The maximum Gasteiger partial charge on any atom is 0.326 e. The van der Waals surface area contributed by atoms with Crippen LogP contribution in [0, 0.1) is 0 Å². The molecule has 0 aliphatic rings. The monoisotopic (exact) mass is 275 g/mol. The standard InChI is InChI=1S/C10H17N3O2S2/c1-6(3-4-16-2)12-10-13-7(5-17-10)8(11)9(14)15/h5-6,8H,3-4,11H2,1-2H3,(H,12,13)(H,14,15). The summed E-state index contributed by atoms with van der Waals surface area (Å²) in [5.41, 5.74) is 5.88. The van der Waals surface area contributed by atoms with Gasteiger partial charge >= 0.3 is 5.97 Å². The fraction of sp³-hybridized carbons (Fsp3) is 0.600. The lowest BCUT2D eigenvalue weighted by molar-refractivity contribution is -0.138. The van der Waals surface area contributed by atoms with E-state index >= 15 is 0 Å². The van der Waals surface area contributed by atoms with Gasteiger partial charge < -0.3 is 16.2 Å². The summed E-state index contributed by atoms with van der Waals surface area (Å²) in [6, 6.07) is -0.717. The zero-order valence-corrected chi connectivity index (χ0v) is 11.5. The van der Waals surface area contributed by atoms with Crippen molar-refractivity contribution in [1.82, 2.24) is 4.98 Å². The molecule has 2 atom stereocenters. The number of hydrogen-bond donors (Lipinski definition) is 3. The van der Waals surface area contributed by atoms with E-state index < -0.39 is 12.0 Å². The van der Waals surface area contributed by atoms with E-state index in [2.05, 4.69) is 23.5 Å². The largest absolute Gasteiger partial charge is 0.480 e. The molecule has 5 nitrogen and oxygen atoms in total. The number of carboxylic acid groups (broad SMARTS) is 1. The van der Waals surface area contributed by atoms with Crippen LogP contribution in [0.4, 0.5) is 5.13 Å². The fourth-order valence-corrected chi connectivity index (χ4v) is 2.65. The lowest BCUT2D eigenvalue weighted by Gasteiger charge is -2.11. The molecule has 7 heteroatoms. The SMILES string of the molecule is CSCCC(C)Nc1nc(C(N)C(=O)O)cs1. The van der Waals surface area contributed by atoms with Crippen LogP contribution in [0.3, 0.4) is 0 Å². The fourth-order valence-electron chi connectivity index (χ4n) is 1.20. The van der Waals surface area contributed by atoms with E-state index in [-0.39, 0.29) is 0 Å². The summed E-state index contributed by atoms with van der Waals surface area (Å²) >= 11 is 3.18. The maximum atomic E-state index is 10.7. The summed E-state index contributed by atoms with van der Waals surface area (Å²) in [5, 5.41) is 14.4. The molecule has 0 saturated heterocycles. The van der Waals surface area contributed by atoms with Crippen molar-refractivity contribution >= 4 is 34.2 Å². The molecule has 0 aromatic carbocycles. The molecular formula is C10H17N3O2S2. The van der Waals surface area contributed by atoms with Gasteiger partial charge in [-0.05, 0) is 25.4 Å². The zero-order valence-electron chi connectivity index (χ0n) is 9.84. The van der Waals surface area contributed by atoms with Gasteiger partial charge in [-0.3, -0.25) is 4.79 Å². The van der Waals surface area contributed by atoms with Gasteiger partial charge in [-0.15, -0.1) is 11.3 Å². The summed E-state index contributed by atoms with van der Waals surface area (Å²) in [4.78, 5) is 14.9. The van der Waals surface area contributed by atoms with Crippen LogP contribution in [0.1, 0.15) is 25.1 Å². The second-order valence-corrected chi connectivity index (χ2v) is 5.56. The average Bonchev–Trinajstić information content (AvgIpc) is 2.73. The molecule has 0 amide bonds. The second kappa shape index (κ2) is 6.83. The van der Waals surface area contributed by atoms with E-state index in [4.69, 9.17) is 10.8 Å². The summed E-state index contributed by atoms with van der Waals surface area (Å²) in [6.45, 7) is 2.08. The van der Waals surface area contributed by atoms with Crippen molar-refractivity contribution in [3.05, 3.63) is 11.1 Å². The first-order valence-corrected chi connectivity index (χ1v) is 7.51. The summed E-state index contributed by atoms with van der Waals surface area (Å²) < 4.78 is 0. The molecule has 0 spiro atoms. The van der Waals surface area contributed by atoms with Crippen molar-refractivity contribution in [2.45, 2.75) is 25.4 Å². The lowest BCUT2D eigenvalue weighted by atomic mass is 10.2. The summed E-state index contributed by atoms with van der Waals surface area (Å²) in [7, 11) is 0. The minimum absolute atomic E-state index is 0.322. The molecule has 0 radical (unpaired) electrons. The topological polar surface area (TPSA) is 88.2 Å². The van der Waals surface area contributed by atoms with Crippen LogP contribution in [0.2, 0.25) is 0 Å². The Morgan fingerprint density at radius 2 is 2.47 bits per heavy atom. The van der Waals surface area contributed by atoms with Gasteiger partial charge in [0, 0.05) is 11.4 Å². The molecule has 0 saturated carbocycles. The Morgan fingerprint density at radius 1 is 1.76 bits per heavy atom. The number of nitrogens with one attached hydrogen (secondary N) is 1. The first-order valence-electron chi connectivity index (χ1n) is 5.24. The van der Waals surface area contributed by atoms with Gasteiger partial charge in [-0.2, -0.15) is 11.8 Å². The third kappa shape index (κ3) is 4.53. The van der Waals surface area contributed by atoms with Crippen LogP contribution in [0.25, 0.3) is 0 Å². The molecule has 2 unspecified atom stereocenters. The average molecular weight is 275 g/mol. The van der Waals surface area contributed by atoms with Crippen LogP contribution >= 0.6 is 23.1 Å². The van der Waals surface area contributed by atoms with Crippen molar-refractivity contribution in [3.63, 3.8) is 0 Å². The first kappa shape index (κ1) is 14.3. The first-order chi connectivity index (χ1) is 8.04. The number of aromatic nitrogens is 1. The predicted octanol–water partition coefficient (Wildman–Crippen LogP) is 1.78. The van der Waals surface area contributed by atoms with Crippen LogP contribution < -0.4 is 11.1 Å². The molecule has 1 aromatic rings. The third-order valence-corrected chi connectivity index (χ3v) is 3.67. The van der Waals surface area contributed by atoms with Gasteiger partial charge in [0.25, 0.3) is 0 Å². The van der Waals surface area contributed by atoms with E-state index in [1.807, 2.05) is 0 Å². The molecule has 0 aliphatic carbocycles. The highest BCUT2D eigenvalue weighted by molar-refractivity contribution is 7.98. The molecule has 0 bridgehead atoms. The molecule has 1 rings (SSSR count). The lowest BCUT2D eigenvalue weighted by Crippen LogP contribution is -2.21. The van der Waals surface area contributed by atoms with E-state index in [9.17, 15) is 4.79 Å². The van der Waals surface area contributed by atoms with Crippen molar-refractivity contribution in [2.24, 2.45) is 5.73 Å². The van der Waals surface area contributed by atoms with Crippen LogP contribution in [-0.4, -0.2) is 34.1 Å². The van der Waals surface area contributed by atoms with Crippen molar-refractivity contribution < 1.29 is 9.90 Å². The van der Waals surface area contributed by atoms with Gasteiger partial charge in [-0.25, -0.2) is 4.98 Å². The highest BCUT2D eigenvalue weighted by atomic mass is 32.2. The Kier molecular flexibility index (Phi) is 5.73. The molecule has 1 heterocycles. The molecule has 96 valence electrons. The maximum absolute atomic E-state index is 10.7. The number of rotatable bonds is 7. The predicted molar refractivity (Wildman–Crippen MR) is 72.8 cm³/mol. The number of nitrogens with zero attached hydrogens (tertiary/aromatic N) is 1. The highest BCUT2D eigenvalue weighted by Gasteiger charge is 2.17. The Labute approximate surface area is 109 Å². The molecule has 4 N–H and O–H groups in total. The number of carbonyl (C=O) groups is 1. The molecule has 17 heavy (non-hydrogen) atoms. The molecular weight excluding hydrogens is 258 g/mol. The summed E-state index contributed by atoms with van der Waals surface area (Å²) in [5.74, 6) is 0.0263.